The molecule has 0 bridgehead atoms. The molecular weight excluding hydrogens is 323 g/mol. The minimum Gasteiger partial charge on any atom is -0.478 e. The largest absolute Gasteiger partial charge is 0.478 e. The first kappa shape index (κ1) is 15.8. The van der Waals surface area contributed by atoms with Crippen molar-refractivity contribution in [2.45, 2.75) is 6.18 Å². The first-order valence-electron chi connectivity index (χ1n) is 6.82. The third-order valence-electron chi connectivity index (χ3n) is 3.37. The average Bonchev–Trinajstić information content (AvgIpc) is 2.54. The lowest BCUT2D eigenvalue weighted by atomic mass is 10.1. The molecule has 0 atom stereocenters. The Kier molecular flexibility index (Phi) is 3.84. The summed E-state index contributed by atoms with van der Waals surface area (Å²) in [7, 11) is 0. The summed E-state index contributed by atoms with van der Waals surface area (Å²) < 4.78 is 43.2. The summed E-state index contributed by atoms with van der Waals surface area (Å²) >= 11 is 0. The molecule has 24 heavy (non-hydrogen) atoms. The molecule has 7 heteroatoms. The van der Waals surface area contributed by atoms with Crippen LogP contribution in [0.4, 0.5) is 13.2 Å². The number of ether oxygens (including phenoxy) is 1. The number of carbonyl (C=O) groups is 1. The first-order chi connectivity index (χ1) is 11.3. The monoisotopic (exact) mass is 333 g/mol. The fourth-order valence-electron chi connectivity index (χ4n) is 2.19. The van der Waals surface area contributed by atoms with Gasteiger partial charge in [0.25, 0.3) is 0 Å². The van der Waals surface area contributed by atoms with Crippen LogP contribution in [0.2, 0.25) is 0 Å². The molecule has 1 N–H and O–H groups in total. The zero-order valence-corrected chi connectivity index (χ0v) is 12.0. The molecular formula is C17H10F3NO3. The number of carboxylic acids is 1. The fourth-order valence-corrected chi connectivity index (χ4v) is 2.19. The standard InChI is InChI=1S/C17H10F3NO3/c18-17(19,20)12-2-4-13(5-3-12)24-15-14-6-1-11(16(22)23)9-10(14)7-8-21-15/h1-9H,(H,22,23). The predicted octanol–water partition coefficient (Wildman–Crippen LogP) is 4.74. The van der Waals surface area contributed by atoms with Gasteiger partial charge in [-0.15, -0.1) is 0 Å². The maximum atomic E-state index is 12.6. The quantitative estimate of drug-likeness (QED) is 0.752. The SMILES string of the molecule is O=C(O)c1ccc2c(Oc3ccc(C(F)(F)F)cc3)nccc2c1. The molecule has 1 heterocycles. The van der Waals surface area contributed by atoms with E-state index >= 15 is 0 Å². The molecule has 0 aliphatic heterocycles. The third kappa shape index (κ3) is 3.15. The Morgan fingerprint density at radius 2 is 1.75 bits per heavy atom. The number of fused-ring (bicyclic) bond motifs is 1. The van der Waals surface area contributed by atoms with Crippen molar-refractivity contribution in [2.24, 2.45) is 0 Å². The van der Waals surface area contributed by atoms with Crippen LogP contribution in [0.3, 0.4) is 0 Å². The highest BCUT2D eigenvalue weighted by atomic mass is 19.4. The Balaban J connectivity index is 1.94. The van der Waals surface area contributed by atoms with E-state index in [-0.39, 0.29) is 17.2 Å². The number of nitrogens with zero attached hydrogens (tertiary/aromatic N) is 1. The smallest absolute Gasteiger partial charge is 0.416 e. The number of carboxylic acid groups (broad SMARTS) is 1. The lowest BCUT2D eigenvalue weighted by Crippen LogP contribution is -2.04. The molecule has 0 amide bonds. The van der Waals surface area contributed by atoms with Gasteiger partial charge < -0.3 is 9.84 Å². The number of benzene rings is 2. The van der Waals surface area contributed by atoms with Crippen LogP contribution in [0, 0.1) is 0 Å². The third-order valence-corrected chi connectivity index (χ3v) is 3.37. The van der Waals surface area contributed by atoms with Gasteiger partial charge >= 0.3 is 12.1 Å². The van der Waals surface area contributed by atoms with Crippen LogP contribution in [0.1, 0.15) is 15.9 Å². The molecule has 0 unspecified atom stereocenters. The summed E-state index contributed by atoms with van der Waals surface area (Å²) in [6, 6.07) is 10.3. The molecule has 2 aromatic carbocycles. The number of halogens is 3. The van der Waals surface area contributed by atoms with Crippen molar-refractivity contribution >= 4 is 16.7 Å². The molecule has 0 aliphatic rings. The molecule has 0 aliphatic carbocycles. The zero-order chi connectivity index (χ0) is 17.3. The molecule has 1 aromatic heterocycles. The molecule has 0 saturated heterocycles. The highest BCUT2D eigenvalue weighted by Gasteiger charge is 2.30. The number of hydrogen-bond acceptors (Lipinski definition) is 3. The second-order valence-corrected chi connectivity index (χ2v) is 4.98. The van der Waals surface area contributed by atoms with Gasteiger partial charge in [0.05, 0.1) is 11.1 Å². The molecule has 0 spiro atoms. The fraction of sp³-hybridized carbons (Fsp3) is 0.0588. The van der Waals surface area contributed by atoms with Crippen molar-refractivity contribution in [3.63, 3.8) is 0 Å². The van der Waals surface area contributed by atoms with E-state index in [2.05, 4.69) is 4.98 Å². The zero-order valence-electron chi connectivity index (χ0n) is 12.0. The Morgan fingerprint density at radius 3 is 2.38 bits per heavy atom. The first-order valence-corrected chi connectivity index (χ1v) is 6.82. The number of hydrogen-bond donors (Lipinski definition) is 1. The van der Waals surface area contributed by atoms with Crippen molar-refractivity contribution in [1.82, 2.24) is 4.98 Å². The van der Waals surface area contributed by atoms with Crippen molar-refractivity contribution in [2.75, 3.05) is 0 Å². The van der Waals surface area contributed by atoms with E-state index in [9.17, 15) is 18.0 Å². The number of aromatic carboxylic acids is 1. The Hall–Kier alpha value is -3.09. The van der Waals surface area contributed by atoms with E-state index in [1.807, 2.05) is 0 Å². The van der Waals surface area contributed by atoms with Gasteiger partial charge in [0.15, 0.2) is 0 Å². The maximum absolute atomic E-state index is 12.6. The molecule has 0 radical (unpaired) electrons. The second kappa shape index (κ2) is 5.84. The summed E-state index contributed by atoms with van der Waals surface area (Å²) in [5, 5.41) is 10.2. The molecule has 3 rings (SSSR count). The van der Waals surface area contributed by atoms with Crippen molar-refractivity contribution in [3.05, 3.63) is 65.9 Å². The topological polar surface area (TPSA) is 59.4 Å². The van der Waals surface area contributed by atoms with Crippen molar-refractivity contribution in [3.8, 4) is 11.6 Å². The van der Waals surface area contributed by atoms with Crippen LogP contribution in [-0.4, -0.2) is 16.1 Å². The van der Waals surface area contributed by atoms with Gasteiger partial charge in [-0.05, 0) is 53.9 Å². The van der Waals surface area contributed by atoms with Crippen molar-refractivity contribution < 1.29 is 27.8 Å². The maximum Gasteiger partial charge on any atom is 0.416 e. The van der Waals surface area contributed by atoms with Gasteiger partial charge in [0.1, 0.15) is 5.75 Å². The van der Waals surface area contributed by atoms with E-state index in [1.54, 1.807) is 12.1 Å². The van der Waals surface area contributed by atoms with E-state index in [0.717, 1.165) is 12.1 Å². The number of alkyl halides is 3. The molecule has 4 nitrogen and oxygen atoms in total. The van der Waals surface area contributed by atoms with E-state index < -0.39 is 17.7 Å². The van der Waals surface area contributed by atoms with Crippen molar-refractivity contribution in [1.29, 1.82) is 0 Å². The lowest BCUT2D eigenvalue weighted by molar-refractivity contribution is -0.137. The predicted molar refractivity (Wildman–Crippen MR) is 80.2 cm³/mol. The van der Waals surface area contributed by atoms with E-state index in [1.165, 1.54) is 30.5 Å². The van der Waals surface area contributed by atoms with Gasteiger partial charge in [0.2, 0.25) is 5.88 Å². The Labute approximate surface area is 134 Å². The second-order valence-electron chi connectivity index (χ2n) is 4.98. The average molecular weight is 333 g/mol. The van der Waals surface area contributed by atoms with Crippen LogP contribution < -0.4 is 4.74 Å². The van der Waals surface area contributed by atoms with Crippen LogP contribution in [0.5, 0.6) is 11.6 Å². The van der Waals surface area contributed by atoms with Crippen LogP contribution in [0.15, 0.2) is 54.7 Å². The van der Waals surface area contributed by atoms with Gasteiger partial charge in [-0.3, -0.25) is 0 Å². The summed E-state index contributed by atoms with van der Waals surface area (Å²) in [5.74, 6) is -0.673. The molecule has 0 saturated carbocycles. The number of aromatic nitrogens is 1. The van der Waals surface area contributed by atoms with Gasteiger partial charge in [0, 0.05) is 11.6 Å². The summed E-state index contributed by atoms with van der Waals surface area (Å²) in [4.78, 5) is 15.1. The molecule has 122 valence electrons. The normalized spacial score (nSPS) is 11.5. The van der Waals surface area contributed by atoms with Gasteiger partial charge in [-0.1, -0.05) is 0 Å². The van der Waals surface area contributed by atoms with Gasteiger partial charge in [-0.25, -0.2) is 9.78 Å². The van der Waals surface area contributed by atoms with E-state index in [0.29, 0.717) is 10.8 Å². The minimum absolute atomic E-state index is 0.120. The number of pyridine rings is 1. The number of rotatable bonds is 3. The van der Waals surface area contributed by atoms with Crippen LogP contribution >= 0.6 is 0 Å². The highest BCUT2D eigenvalue weighted by Crippen LogP contribution is 2.32. The summed E-state index contributed by atoms with van der Waals surface area (Å²) in [5.41, 5.74) is -0.652. The highest BCUT2D eigenvalue weighted by molar-refractivity contribution is 5.95. The van der Waals surface area contributed by atoms with E-state index in [4.69, 9.17) is 9.84 Å². The van der Waals surface area contributed by atoms with Crippen LogP contribution in [-0.2, 0) is 6.18 Å². The van der Waals surface area contributed by atoms with Crippen LogP contribution in [0.25, 0.3) is 10.8 Å². The molecule has 3 aromatic rings. The van der Waals surface area contributed by atoms with Gasteiger partial charge in [-0.2, -0.15) is 13.2 Å². The Morgan fingerprint density at radius 1 is 1.04 bits per heavy atom. The summed E-state index contributed by atoms with van der Waals surface area (Å²) in [6.07, 6.45) is -2.98. The molecule has 0 fully saturated rings. The lowest BCUT2D eigenvalue weighted by Gasteiger charge is -2.10. The summed E-state index contributed by atoms with van der Waals surface area (Å²) in [6.45, 7) is 0. The minimum atomic E-state index is -4.41. The Bertz CT molecular complexity index is 905.